The molecule has 2 amide bonds. The number of halogens is 1. The summed E-state index contributed by atoms with van der Waals surface area (Å²) in [7, 11) is 0. The van der Waals surface area contributed by atoms with Crippen LogP contribution < -0.4 is 10.1 Å². The van der Waals surface area contributed by atoms with Gasteiger partial charge in [-0.1, -0.05) is 24.3 Å². The van der Waals surface area contributed by atoms with Gasteiger partial charge in [-0.05, 0) is 53.9 Å². The van der Waals surface area contributed by atoms with E-state index in [-0.39, 0.29) is 24.2 Å². The largest absolute Gasteiger partial charge is 0.484 e. The van der Waals surface area contributed by atoms with Crippen LogP contribution in [0.15, 0.2) is 73.1 Å². The van der Waals surface area contributed by atoms with Gasteiger partial charge >= 0.3 is 0 Å². The van der Waals surface area contributed by atoms with Crippen LogP contribution in [-0.2, 0) is 15.0 Å². The first-order valence-electron chi connectivity index (χ1n) is 10.1. The molecule has 156 valence electrons. The fourth-order valence-electron chi connectivity index (χ4n) is 4.72. The molecule has 2 unspecified atom stereocenters. The highest BCUT2D eigenvalue weighted by Crippen LogP contribution is 2.54. The topological polar surface area (TPSA) is 71.5 Å². The maximum absolute atomic E-state index is 13.3. The van der Waals surface area contributed by atoms with Crippen LogP contribution in [0.2, 0.25) is 0 Å². The summed E-state index contributed by atoms with van der Waals surface area (Å²) in [5, 5.41) is 2.99. The molecule has 6 nitrogen and oxygen atoms in total. The average Bonchev–Trinajstić information content (AvgIpc) is 3.33. The number of likely N-dealkylation sites (tertiary alicyclic amines) is 1. The van der Waals surface area contributed by atoms with Crippen molar-refractivity contribution in [1.29, 1.82) is 0 Å². The highest BCUT2D eigenvalue weighted by atomic mass is 19.1. The Labute approximate surface area is 178 Å². The van der Waals surface area contributed by atoms with Gasteiger partial charge in [0.1, 0.15) is 17.0 Å². The van der Waals surface area contributed by atoms with Gasteiger partial charge in [0.15, 0.2) is 6.61 Å². The van der Waals surface area contributed by atoms with Crippen molar-refractivity contribution in [3.05, 3.63) is 90.0 Å². The fourth-order valence-corrected chi connectivity index (χ4v) is 4.72. The summed E-state index contributed by atoms with van der Waals surface area (Å²) < 4.78 is 18.7. The smallest absolute Gasteiger partial charge is 0.261 e. The molecular formula is C24H20FN3O3. The van der Waals surface area contributed by atoms with Gasteiger partial charge < -0.3 is 15.0 Å². The van der Waals surface area contributed by atoms with E-state index in [0.29, 0.717) is 18.7 Å². The van der Waals surface area contributed by atoms with E-state index in [9.17, 15) is 14.0 Å². The summed E-state index contributed by atoms with van der Waals surface area (Å²) in [6, 6.07) is 16.3. The van der Waals surface area contributed by atoms with Crippen molar-refractivity contribution in [2.45, 2.75) is 17.9 Å². The summed E-state index contributed by atoms with van der Waals surface area (Å²) in [6.45, 7) is 0.203. The van der Waals surface area contributed by atoms with E-state index in [1.165, 1.54) is 24.3 Å². The number of hydrogen-bond donors (Lipinski definition) is 1. The van der Waals surface area contributed by atoms with E-state index in [4.69, 9.17) is 4.74 Å². The molecule has 31 heavy (non-hydrogen) atoms. The van der Waals surface area contributed by atoms with E-state index in [2.05, 4.69) is 10.3 Å². The Bertz CT molecular complexity index is 1140. The third-order valence-corrected chi connectivity index (χ3v) is 6.08. The zero-order valence-corrected chi connectivity index (χ0v) is 16.6. The number of benzene rings is 2. The Morgan fingerprint density at radius 2 is 1.97 bits per heavy atom. The predicted molar refractivity (Wildman–Crippen MR) is 112 cm³/mol. The number of para-hydroxylation sites is 1. The molecule has 0 saturated carbocycles. The van der Waals surface area contributed by atoms with Crippen LogP contribution in [0.5, 0.6) is 5.75 Å². The van der Waals surface area contributed by atoms with Gasteiger partial charge in [-0.15, -0.1) is 0 Å². The van der Waals surface area contributed by atoms with Crippen LogP contribution in [0.3, 0.4) is 0 Å². The number of nitrogens with zero attached hydrogens (tertiary/aromatic N) is 2. The summed E-state index contributed by atoms with van der Waals surface area (Å²) in [5.41, 5.74) is 1.58. The summed E-state index contributed by atoms with van der Waals surface area (Å²) in [5.74, 6) is -0.321. The number of hydrogen-bond acceptors (Lipinski definition) is 4. The lowest BCUT2D eigenvalue weighted by Gasteiger charge is -2.34. The highest BCUT2D eigenvalue weighted by molar-refractivity contribution is 6.07. The number of carbonyl (C=O) groups is 2. The predicted octanol–water partition coefficient (Wildman–Crippen LogP) is 3.46. The van der Waals surface area contributed by atoms with Crippen molar-refractivity contribution >= 4 is 17.5 Å². The number of fused-ring (bicyclic) bond motifs is 2. The molecule has 5 rings (SSSR count). The lowest BCUT2D eigenvalue weighted by Crippen LogP contribution is -2.43. The molecule has 1 spiro atoms. The fraction of sp³-hybridized carbons (Fsp3) is 0.208. The van der Waals surface area contributed by atoms with Gasteiger partial charge in [0, 0.05) is 24.6 Å². The van der Waals surface area contributed by atoms with E-state index >= 15 is 0 Å². The molecule has 0 radical (unpaired) electrons. The lowest BCUT2D eigenvalue weighted by molar-refractivity contribution is -0.135. The maximum atomic E-state index is 13.3. The Morgan fingerprint density at radius 3 is 2.74 bits per heavy atom. The second-order valence-corrected chi connectivity index (χ2v) is 7.74. The molecule has 2 aliphatic rings. The Balaban J connectivity index is 1.49. The van der Waals surface area contributed by atoms with Crippen LogP contribution in [0.4, 0.5) is 10.1 Å². The minimum atomic E-state index is -0.884. The first kappa shape index (κ1) is 19.2. The molecule has 2 atom stereocenters. The van der Waals surface area contributed by atoms with Crippen molar-refractivity contribution in [3.63, 3.8) is 0 Å². The van der Waals surface area contributed by atoms with E-state index in [1.807, 2.05) is 30.3 Å². The first-order valence-corrected chi connectivity index (χ1v) is 10.1. The van der Waals surface area contributed by atoms with Crippen LogP contribution in [0, 0.1) is 5.82 Å². The second kappa shape index (κ2) is 7.50. The third-order valence-electron chi connectivity index (χ3n) is 6.08. The molecule has 1 aromatic heterocycles. The molecule has 3 aromatic rings. The molecule has 0 bridgehead atoms. The molecule has 7 heteroatoms. The standard InChI is InChI=1S/C24H20FN3O3/c25-17-7-9-18(10-8-17)31-15-21(29)28-13-11-24(22(28)16-4-3-12-26-14-16)19-5-1-2-6-20(19)27-23(24)30/h1-10,12,14,22H,11,13,15H2,(H,27,30). The average molecular weight is 417 g/mol. The van der Waals surface area contributed by atoms with Crippen molar-refractivity contribution in [2.75, 3.05) is 18.5 Å². The number of ether oxygens (including phenoxy) is 1. The van der Waals surface area contributed by atoms with Crippen molar-refractivity contribution in [2.24, 2.45) is 0 Å². The van der Waals surface area contributed by atoms with Crippen molar-refractivity contribution in [3.8, 4) is 5.75 Å². The van der Waals surface area contributed by atoms with Crippen LogP contribution in [-0.4, -0.2) is 34.8 Å². The molecule has 3 heterocycles. The van der Waals surface area contributed by atoms with E-state index < -0.39 is 11.5 Å². The molecule has 1 saturated heterocycles. The normalized spacial score (nSPS) is 21.8. The number of nitrogens with one attached hydrogen (secondary N) is 1. The van der Waals surface area contributed by atoms with Gasteiger partial charge in [0.05, 0.1) is 6.04 Å². The molecule has 0 aliphatic carbocycles. The zero-order chi connectivity index (χ0) is 21.4. The van der Waals surface area contributed by atoms with Crippen LogP contribution in [0.1, 0.15) is 23.6 Å². The highest BCUT2D eigenvalue weighted by Gasteiger charge is 2.59. The van der Waals surface area contributed by atoms with Gasteiger partial charge in [0.2, 0.25) is 5.91 Å². The first-order chi connectivity index (χ1) is 15.1. The number of anilines is 1. The number of carbonyl (C=O) groups excluding carboxylic acids is 2. The zero-order valence-electron chi connectivity index (χ0n) is 16.6. The molecule has 2 aromatic carbocycles. The van der Waals surface area contributed by atoms with E-state index in [0.717, 1.165) is 16.8 Å². The molecule has 1 fully saturated rings. The Kier molecular flexibility index (Phi) is 4.66. The summed E-state index contributed by atoms with van der Waals surface area (Å²) >= 11 is 0. The van der Waals surface area contributed by atoms with Crippen LogP contribution >= 0.6 is 0 Å². The van der Waals surface area contributed by atoms with Gasteiger partial charge in [0.25, 0.3) is 5.91 Å². The monoisotopic (exact) mass is 417 g/mol. The maximum Gasteiger partial charge on any atom is 0.261 e. The van der Waals surface area contributed by atoms with Gasteiger partial charge in [-0.25, -0.2) is 4.39 Å². The summed E-state index contributed by atoms with van der Waals surface area (Å²) in [4.78, 5) is 32.4. The molecule has 1 N–H and O–H groups in total. The third kappa shape index (κ3) is 3.13. The minimum Gasteiger partial charge on any atom is -0.484 e. The number of aromatic nitrogens is 1. The van der Waals surface area contributed by atoms with Crippen molar-refractivity contribution in [1.82, 2.24) is 9.88 Å². The second-order valence-electron chi connectivity index (χ2n) is 7.74. The summed E-state index contributed by atoms with van der Waals surface area (Å²) in [6.07, 6.45) is 3.86. The lowest BCUT2D eigenvalue weighted by atomic mass is 9.73. The van der Waals surface area contributed by atoms with Crippen LogP contribution in [0.25, 0.3) is 0 Å². The Morgan fingerprint density at radius 1 is 1.16 bits per heavy atom. The number of rotatable bonds is 4. The van der Waals surface area contributed by atoms with E-state index in [1.54, 1.807) is 23.4 Å². The number of pyridine rings is 1. The number of amides is 2. The van der Waals surface area contributed by atoms with Crippen molar-refractivity contribution < 1.29 is 18.7 Å². The van der Waals surface area contributed by atoms with Gasteiger partial charge in [-0.3, -0.25) is 14.6 Å². The molecular weight excluding hydrogens is 397 g/mol. The van der Waals surface area contributed by atoms with Gasteiger partial charge in [-0.2, -0.15) is 0 Å². The quantitative estimate of drug-likeness (QED) is 0.706. The SMILES string of the molecule is O=C(COc1ccc(F)cc1)N1CCC2(C(=O)Nc3ccccc32)C1c1cccnc1. The Hall–Kier alpha value is -3.74. The molecule has 2 aliphatic heterocycles. The minimum absolute atomic E-state index is 0.114.